The van der Waals surface area contributed by atoms with E-state index in [-0.39, 0.29) is 5.56 Å². The molecule has 3 aromatic rings. The van der Waals surface area contributed by atoms with Gasteiger partial charge in [0.05, 0.1) is 27.7 Å². The molecule has 1 aliphatic rings. The summed E-state index contributed by atoms with van der Waals surface area (Å²) in [5.41, 5.74) is 2.17. The normalized spacial score (nSPS) is 13.6. The Kier molecular flexibility index (Phi) is 7.33. The minimum atomic E-state index is -4.38. The van der Waals surface area contributed by atoms with Crippen molar-refractivity contribution in [3.8, 4) is 0 Å². The van der Waals surface area contributed by atoms with Crippen LogP contribution >= 0.6 is 23.2 Å². The zero-order chi connectivity index (χ0) is 25.3. The van der Waals surface area contributed by atoms with E-state index in [2.05, 4.69) is 21.4 Å². The number of aromatic nitrogens is 2. The minimum Gasteiger partial charge on any atom is -0.366 e. The predicted molar refractivity (Wildman–Crippen MR) is 134 cm³/mol. The molecule has 0 unspecified atom stereocenters. The number of rotatable bonds is 6. The van der Waals surface area contributed by atoms with Gasteiger partial charge in [-0.05, 0) is 42.3 Å². The molecule has 0 saturated carbocycles. The highest BCUT2D eigenvalue weighted by atomic mass is 35.5. The first-order valence-corrected chi connectivity index (χ1v) is 12.0. The van der Waals surface area contributed by atoms with Crippen LogP contribution < -0.4 is 15.4 Å². The van der Waals surface area contributed by atoms with E-state index in [9.17, 15) is 18.0 Å². The second-order valence-electron chi connectivity index (χ2n) is 8.61. The first-order chi connectivity index (χ1) is 16.6. The number of anilines is 2. The molecule has 0 aliphatic carbocycles. The zero-order valence-corrected chi connectivity index (χ0v) is 20.9. The third kappa shape index (κ3) is 5.43. The van der Waals surface area contributed by atoms with Gasteiger partial charge in [0, 0.05) is 44.5 Å². The van der Waals surface area contributed by atoms with Crippen molar-refractivity contribution in [2.75, 3.05) is 23.4 Å². The van der Waals surface area contributed by atoms with Crippen molar-refractivity contribution in [1.82, 2.24) is 9.55 Å². The molecule has 10 heteroatoms. The van der Waals surface area contributed by atoms with Crippen LogP contribution in [0.3, 0.4) is 0 Å². The standard InChI is InChI=1S/C25H25Cl2F3N4O/c1-3-11-34-22-10-12-33(18-8-9-20(26)21(27)13-18)15-19(22)23(35)31-24(34)32(2)14-16-4-6-17(7-5-16)25(28,29)30/h4-9,13H,3,10-12,14-15H2,1-2H3. The first kappa shape index (κ1) is 25.4. The SMILES string of the molecule is CCCn1c(N(C)Cc2ccc(C(F)(F)F)cc2)nc(=O)c2c1CCN(c1ccc(Cl)c(Cl)c1)C2. The lowest BCUT2D eigenvalue weighted by molar-refractivity contribution is -0.137. The van der Waals surface area contributed by atoms with Gasteiger partial charge in [-0.3, -0.25) is 4.79 Å². The molecule has 0 fully saturated rings. The van der Waals surface area contributed by atoms with E-state index in [1.54, 1.807) is 19.2 Å². The van der Waals surface area contributed by atoms with E-state index in [1.807, 2.05) is 11.0 Å². The summed E-state index contributed by atoms with van der Waals surface area (Å²) in [4.78, 5) is 21.4. The fourth-order valence-corrected chi connectivity index (χ4v) is 4.67. The van der Waals surface area contributed by atoms with Crippen LogP contribution in [0.4, 0.5) is 24.8 Å². The average molecular weight is 525 g/mol. The number of benzene rings is 2. The average Bonchev–Trinajstić information content (AvgIpc) is 2.82. The predicted octanol–water partition coefficient (Wildman–Crippen LogP) is 6.18. The summed E-state index contributed by atoms with van der Waals surface area (Å²) in [6, 6.07) is 10.5. The molecule has 0 saturated heterocycles. The maximum atomic E-state index is 13.1. The van der Waals surface area contributed by atoms with Gasteiger partial charge in [-0.1, -0.05) is 42.3 Å². The fraction of sp³-hybridized carbons (Fsp3) is 0.360. The first-order valence-electron chi connectivity index (χ1n) is 11.3. The molecule has 0 spiro atoms. The quantitative estimate of drug-likeness (QED) is 0.386. The van der Waals surface area contributed by atoms with Crippen LogP contribution in [-0.4, -0.2) is 23.1 Å². The number of alkyl halides is 3. The molecule has 2 aromatic carbocycles. The Balaban J connectivity index is 1.63. The lowest BCUT2D eigenvalue weighted by Gasteiger charge is -2.34. The van der Waals surface area contributed by atoms with Crippen LogP contribution in [0.25, 0.3) is 0 Å². The largest absolute Gasteiger partial charge is 0.416 e. The highest BCUT2D eigenvalue weighted by Gasteiger charge is 2.30. The van der Waals surface area contributed by atoms with Gasteiger partial charge in [0.2, 0.25) is 5.95 Å². The molecule has 0 bridgehead atoms. The molecule has 186 valence electrons. The second-order valence-corrected chi connectivity index (χ2v) is 9.43. The van der Waals surface area contributed by atoms with Gasteiger partial charge < -0.3 is 14.4 Å². The molecule has 2 heterocycles. The molecule has 4 rings (SSSR count). The molecule has 1 aliphatic heterocycles. The zero-order valence-electron chi connectivity index (χ0n) is 19.4. The Hall–Kier alpha value is -2.71. The van der Waals surface area contributed by atoms with E-state index in [1.165, 1.54) is 12.1 Å². The van der Waals surface area contributed by atoms with Gasteiger partial charge in [-0.2, -0.15) is 18.2 Å². The summed E-state index contributed by atoms with van der Waals surface area (Å²) in [6.07, 6.45) is -2.89. The molecule has 0 amide bonds. The van der Waals surface area contributed by atoms with E-state index in [0.29, 0.717) is 59.7 Å². The lowest BCUT2D eigenvalue weighted by Crippen LogP contribution is -2.39. The van der Waals surface area contributed by atoms with E-state index in [0.717, 1.165) is 29.9 Å². The summed E-state index contributed by atoms with van der Waals surface area (Å²) < 4.78 is 40.7. The van der Waals surface area contributed by atoms with Crippen LogP contribution in [0.2, 0.25) is 10.0 Å². The molecule has 5 nitrogen and oxygen atoms in total. The Labute approximate surface area is 211 Å². The van der Waals surface area contributed by atoms with Gasteiger partial charge in [-0.25, -0.2) is 0 Å². The molecular formula is C25H25Cl2F3N4O. The molecule has 0 N–H and O–H groups in total. The summed E-state index contributed by atoms with van der Waals surface area (Å²) in [7, 11) is 1.79. The smallest absolute Gasteiger partial charge is 0.366 e. The summed E-state index contributed by atoms with van der Waals surface area (Å²) in [6.45, 7) is 4.15. The lowest BCUT2D eigenvalue weighted by atomic mass is 10.1. The highest BCUT2D eigenvalue weighted by Crippen LogP contribution is 2.31. The van der Waals surface area contributed by atoms with Gasteiger partial charge in [0.15, 0.2) is 0 Å². The summed E-state index contributed by atoms with van der Waals surface area (Å²) in [5, 5.41) is 0.928. The maximum Gasteiger partial charge on any atom is 0.416 e. The van der Waals surface area contributed by atoms with Crippen LogP contribution in [0.5, 0.6) is 0 Å². The van der Waals surface area contributed by atoms with Crippen LogP contribution in [0.1, 0.15) is 35.7 Å². The Morgan fingerprint density at radius 3 is 2.43 bits per heavy atom. The van der Waals surface area contributed by atoms with Gasteiger partial charge in [-0.15, -0.1) is 0 Å². The molecular weight excluding hydrogens is 500 g/mol. The Bertz CT molecular complexity index is 1280. The van der Waals surface area contributed by atoms with E-state index < -0.39 is 11.7 Å². The second kappa shape index (κ2) is 10.1. The van der Waals surface area contributed by atoms with Crippen molar-refractivity contribution in [3.63, 3.8) is 0 Å². The molecule has 0 atom stereocenters. The monoisotopic (exact) mass is 524 g/mol. The van der Waals surface area contributed by atoms with Crippen LogP contribution in [0.15, 0.2) is 47.3 Å². The number of hydrogen-bond acceptors (Lipinski definition) is 4. The Morgan fingerprint density at radius 1 is 1.09 bits per heavy atom. The van der Waals surface area contributed by atoms with Gasteiger partial charge in [0.25, 0.3) is 5.56 Å². The number of halogens is 5. The third-order valence-corrected chi connectivity index (χ3v) is 6.84. The van der Waals surface area contributed by atoms with Crippen molar-refractivity contribution in [2.24, 2.45) is 0 Å². The van der Waals surface area contributed by atoms with Gasteiger partial charge in [0.1, 0.15) is 0 Å². The third-order valence-electron chi connectivity index (χ3n) is 6.10. The topological polar surface area (TPSA) is 41.4 Å². The Morgan fingerprint density at radius 2 is 1.80 bits per heavy atom. The number of nitrogens with zero attached hydrogens (tertiary/aromatic N) is 4. The summed E-state index contributed by atoms with van der Waals surface area (Å²) in [5.74, 6) is 0.512. The van der Waals surface area contributed by atoms with Crippen molar-refractivity contribution in [1.29, 1.82) is 0 Å². The number of hydrogen-bond donors (Lipinski definition) is 0. The maximum absolute atomic E-state index is 13.1. The summed E-state index contributed by atoms with van der Waals surface area (Å²) >= 11 is 12.2. The van der Waals surface area contributed by atoms with Crippen molar-refractivity contribution >= 4 is 34.8 Å². The fourth-order valence-electron chi connectivity index (χ4n) is 4.38. The number of fused-ring (bicyclic) bond motifs is 1. The molecule has 1 aromatic heterocycles. The van der Waals surface area contributed by atoms with Crippen molar-refractivity contribution < 1.29 is 13.2 Å². The highest BCUT2D eigenvalue weighted by molar-refractivity contribution is 6.42. The van der Waals surface area contributed by atoms with Gasteiger partial charge >= 0.3 is 6.18 Å². The van der Waals surface area contributed by atoms with Crippen LogP contribution in [0, 0.1) is 0 Å². The van der Waals surface area contributed by atoms with E-state index in [4.69, 9.17) is 23.2 Å². The molecule has 0 radical (unpaired) electrons. The molecule has 35 heavy (non-hydrogen) atoms. The van der Waals surface area contributed by atoms with Crippen LogP contribution in [-0.2, 0) is 32.2 Å². The van der Waals surface area contributed by atoms with Crippen molar-refractivity contribution in [3.05, 3.63) is 85.2 Å². The van der Waals surface area contributed by atoms with E-state index >= 15 is 0 Å². The minimum absolute atomic E-state index is 0.300. The van der Waals surface area contributed by atoms with Crippen molar-refractivity contribution in [2.45, 2.75) is 45.6 Å².